The van der Waals surface area contributed by atoms with Crippen LogP contribution in [0.5, 0.6) is 0 Å². The molecule has 1 aromatic heterocycles. The van der Waals surface area contributed by atoms with Crippen molar-refractivity contribution in [2.45, 2.75) is 31.4 Å². The van der Waals surface area contributed by atoms with E-state index in [0.29, 0.717) is 6.54 Å². The van der Waals surface area contributed by atoms with Gasteiger partial charge < -0.3 is 10.1 Å². The van der Waals surface area contributed by atoms with Crippen LogP contribution in [-0.2, 0) is 11.3 Å². The van der Waals surface area contributed by atoms with Gasteiger partial charge in [-0.05, 0) is 19.4 Å². The van der Waals surface area contributed by atoms with Crippen LogP contribution >= 0.6 is 11.3 Å². The molecule has 0 radical (unpaired) electrons. The lowest BCUT2D eigenvalue weighted by Crippen LogP contribution is -2.34. The molecule has 1 N–H and O–H groups in total. The predicted molar refractivity (Wildman–Crippen MR) is 68.5 cm³/mol. The average Bonchev–Trinajstić information content (AvgIpc) is 2.92. The van der Waals surface area contributed by atoms with Gasteiger partial charge in [-0.15, -0.1) is 11.3 Å². The van der Waals surface area contributed by atoms with E-state index in [4.69, 9.17) is 4.74 Å². The van der Waals surface area contributed by atoms with Crippen molar-refractivity contribution < 1.29 is 9.53 Å². The Morgan fingerprint density at radius 2 is 2.44 bits per heavy atom. The van der Waals surface area contributed by atoms with Crippen LogP contribution < -0.4 is 5.32 Å². The van der Waals surface area contributed by atoms with Crippen molar-refractivity contribution in [3.63, 3.8) is 0 Å². The smallest absolute Gasteiger partial charge is 0.407 e. The number of thiazole rings is 1. The monoisotopic (exact) mass is 267 g/mol. The zero-order valence-corrected chi connectivity index (χ0v) is 11.0. The second kappa shape index (κ2) is 4.85. The lowest BCUT2D eigenvalue weighted by atomic mass is 9.95. The van der Waals surface area contributed by atoms with Crippen molar-refractivity contribution in [1.29, 1.82) is 0 Å². The molecule has 2 aliphatic heterocycles. The van der Waals surface area contributed by atoms with Crippen LogP contribution in [0.15, 0.2) is 11.6 Å². The maximum Gasteiger partial charge on any atom is 0.407 e. The maximum absolute atomic E-state index is 11.2. The molecule has 0 unspecified atom stereocenters. The van der Waals surface area contributed by atoms with Crippen LogP contribution in [-0.4, -0.2) is 41.2 Å². The van der Waals surface area contributed by atoms with Gasteiger partial charge in [0.15, 0.2) is 0 Å². The fourth-order valence-electron chi connectivity index (χ4n) is 2.68. The summed E-state index contributed by atoms with van der Waals surface area (Å²) in [4.78, 5) is 17.9. The highest BCUT2D eigenvalue weighted by Gasteiger charge is 2.41. The number of rotatable bonds is 2. The van der Waals surface area contributed by atoms with E-state index in [0.717, 1.165) is 43.9 Å². The fourth-order valence-corrected chi connectivity index (χ4v) is 3.34. The van der Waals surface area contributed by atoms with Crippen molar-refractivity contribution in [1.82, 2.24) is 15.2 Å². The number of nitrogens with zero attached hydrogens (tertiary/aromatic N) is 2. The molecule has 6 heteroatoms. The van der Waals surface area contributed by atoms with Gasteiger partial charge in [-0.3, -0.25) is 4.90 Å². The third-order valence-electron chi connectivity index (χ3n) is 3.70. The highest BCUT2D eigenvalue weighted by Crippen LogP contribution is 2.29. The second-order valence-electron chi connectivity index (χ2n) is 4.98. The van der Waals surface area contributed by atoms with Crippen LogP contribution in [0.25, 0.3) is 0 Å². The van der Waals surface area contributed by atoms with Crippen LogP contribution in [0, 0.1) is 0 Å². The van der Waals surface area contributed by atoms with Crippen molar-refractivity contribution in [3.8, 4) is 0 Å². The first-order valence-electron chi connectivity index (χ1n) is 6.33. The average molecular weight is 267 g/mol. The standard InChI is InChI=1S/C12H17N3O2S/c16-11-14-9-12(17-11)2-1-5-15(6-3-12)8-10-13-4-7-18-10/h4,7H,1-3,5-6,8-9H2,(H,14,16)/t12-/m1/s1. The van der Waals surface area contributed by atoms with E-state index in [9.17, 15) is 4.79 Å². The summed E-state index contributed by atoms with van der Waals surface area (Å²) >= 11 is 1.70. The molecule has 2 aliphatic rings. The van der Waals surface area contributed by atoms with E-state index in [2.05, 4.69) is 15.2 Å². The van der Waals surface area contributed by atoms with Gasteiger partial charge in [0.25, 0.3) is 0 Å². The first-order valence-corrected chi connectivity index (χ1v) is 7.21. The summed E-state index contributed by atoms with van der Waals surface area (Å²) in [5.74, 6) is 0. The number of amides is 1. The van der Waals surface area contributed by atoms with Gasteiger partial charge in [0.1, 0.15) is 10.6 Å². The molecule has 3 rings (SSSR count). The number of aromatic nitrogens is 1. The fraction of sp³-hybridized carbons (Fsp3) is 0.667. The Hall–Kier alpha value is -1.14. The molecular weight excluding hydrogens is 250 g/mol. The van der Waals surface area contributed by atoms with E-state index < -0.39 is 0 Å². The Balaban J connectivity index is 1.60. The summed E-state index contributed by atoms with van der Waals surface area (Å²) in [7, 11) is 0. The van der Waals surface area contributed by atoms with Gasteiger partial charge in [-0.1, -0.05) is 0 Å². The van der Waals surface area contributed by atoms with Crippen LogP contribution in [0.4, 0.5) is 4.79 Å². The predicted octanol–water partition coefficient (Wildman–Crippen LogP) is 1.61. The zero-order valence-electron chi connectivity index (χ0n) is 10.2. The van der Waals surface area contributed by atoms with Crippen LogP contribution in [0.3, 0.4) is 0 Å². The van der Waals surface area contributed by atoms with Crippen LogP contribution in [0.1, 0.15) is 24.3 Å². The number of ether oxygens (including phenoxy) is 1. The minimum atomic E-state index is -0.261. The number of nitrogens with one attached hydrogen (secondary N) is 1. The summed E-state index contributed by atoms with van der Waals surface area (Å²) < 4.78 is 5.46. The van der Waals surface area contributed by atoms with E-state index >= 15 is 0 Å². The van der Waals surface area contributed by atoms with Gasteiger partial charge in [0.2, 0.25) is 0 Å². The van der Waals surface area contributed by atoms with Crippen molar-refractivity contribution in [3.05, 3.63) is 16.6 Å². The van der Waals surface area contributed by atoms with Crippen molar-refractivity contribution in [2.24, 2.45) is 0 Å². The lowest BCUT2D eigenvalue weighted by molar-refractivity contribution is 0.0443. The molecule has 2 fully saturated rings. The lowest BCUT2D eigenvalue weighted by Gasteiger charge is -2.24. The minimum Gasteiger partial charge on any atom is -0.441 e. The molecule has 0 saturated carbocycles. The van der Waals surface area contributed by atoms with Gasteiger partial charge in [-0.2, -0.15) is 0 Å². The summed E-state index contributed by atoms with van der Waals surface area (Å²) in [6.45, 7) is 3.60. The highest BCUT2D eigenvalue weighted by atomic mass is 32.1. The van der Waals surface area contributed by atoms with E-state index in [1.54, 1.807) is 11.3 Å². The van der Waals surface area contributed by atoms with E-state index in [-0.39, 0.29) is 11.7 Å². The maximum atomic E-state index is 11.2. The number of alkyl carbamates (subject to hydrolysis) is 1. The number of carbonyl (C=O) groups excluding carboxylic acids is 1. The van der Waals surface area contributed by atoms with Gasteiger partial charge >= 0.3 is 6.09 Å². The van der Waals surface area contributed by atoms with Gasteiger partial charge in [0, 0.05) is 24.5 Å². The Morgan fingerprint density at radius 1 is 1.50 bits per heavy atom. The number of carbonyl (C=O) groups is 1. The first kappa shape index (κ1) is 11.9. The quantitative estimate of drug-likeness (QED) is 0.884. The Kier molecular flexibility index (Phi) is 3.22. The van der Waals surface area contributed by atoms with Gasteiger partial charge in [0.05, 0.1) is 13.1 Å². The van der Waals surface area contributed by atoms with Gasteiger partial charge in [-0.25, -0.2) is 9.78 Å². The molecular formula is C12H17N3O2S. The molecule has 0 aliphatic carbocycles. The molecule has 18 heavy (non-hydrogen) atoms. The number of hydrogen-bond donors (Lipinski definition) is 1. The summed E-state index contributed by atoms with van der Waals surface area (Å²) in [6, 6.07) is 0. The molecule has 3 heterocycles. The molecule has 5 nitrogen and oxygen atoms in total. The zero-order chi connectivity index (χ0) is 12.4. The molecule has 1 aromatic rings. The summed E-state index contributed by atoms with van der Waals surface area (Å²) in [5.41, 5.74) is -0.255. The Bertz CT molecular complexity index is 423. The van der Waals surface area contributed by atoms with Crippen molar-refractivity contribution >= 4 is 17.4 Å². The normalized spacial score (nSPS) is 29.0. The van der Waals surface area contributed by atoms with Crippen LogP contribution in [0.2, 0.25) is 0 Å². The largest absolute Gasteiger partial charge is 0.441 e. The molecule has 98 valence electrons. The summed E-state index contributed by atoms with van der Waals surface area (Å²) in [5, 5.41) is 5.95. The molecule has 1 amide bonds. The van der Waals surface area contributed by atoms with Crippen molar-refractivity contribution in [2.75, 3.05) is 19.6 Å². The second-order valence-corrected chi connectivity index (χ2v) is 5.96. The minimum absolute atomic E-state index is 0.255. The van der Waals surface area contributed by atoms with E-state index in [1.165, 1.54) is 0 Å². The molecule has 0 aromatic carbocycles. The number of likely N-dealkylation sites (tertiary alicyclic amines) is 1. The first-order chi connectivity index (χ1) is 8.76. The third-order valence-corrected chi connectivity index (χ3v) is 4.46. The Labute approximate surface area is 110 Å². The topological polar surface area (TPSA) is 54.5 Å². The molecule has 1 spiro atoms. The highest BCUT2D eigenvalue weighted by molar-refractivity contribution is 7.09. The third kappa shape index (κ3) is 2.49. The molecule has 2 saturated heterocycles. The molecule has 0 bridgehead atoms. The number of hydrogen-bond acceptors (Lipinski definition) is 5. The summed E-state index contributed by atoms with van der Waals surface area (Å²) in [6.07, 6.45) is 4.53. The SMILES string of the molecule is O=C1NC[C@]2(CCCN(Cc3nccs3)CC2)O1. The van der Waals surface area contributed by atoms with E-state index in [1.807, 2.05) is 11.6 Å². The Morgan fingerprint density at radius 3 is 3.17 bits per heavy atom. The molecule has 1 atom stereocenters.